The molecule has 0 unspecified atom stereocenters. The van der Waals surface area contributed by atoms with Crippen LogP contribution in [-0.2, 0) is 0 Å². The third kappa shape index (κ3) is 3.70. The fourth-order valence-electron chi connectivity index (χ4n) is 1.63. The molecule has 0 radical (unpaired) electrons. The topological polar surface area (TPSA) is 29.1 Å². The lowest BCUT2D eigenvalue weighted by Gasteiger charge is -2.10. The molecule has 1 N–H and O–H groups in total. The molecule has 0 aliphatic rings. The van der Waals surface area contributed by atoms with Crippen LogP contribution < -0.4 is 5.32 Å². The van der Waals surface area contributed by atoms with Crippen molar-refractivity contribution in [2.75, 3.05) is 5.32 Å². The molecule has 0 fully saturated rings. The van der Waals surface area contributed by atoms with Crippen LogP contribution in [0.2, 0.25) is 5.02 Å². The fourth-order valence-corrected chi connectivity index (χ4v) is 3.14. The van der Waals surface area contributed by atoms with Gasteiger partial charge < -0.3 is 5.32 Å². The van der Waals surface area contributed by atoms with E-state index in [1.54, 1.807) is 18.2 Å². The molecule has 0 heterocycles. The van der Waals surface area contributed by atoms with Gasteiger partial charge >= 0.3 is 0 Å². The zero-order valence-electron chi connectivity index (χ0n) is 10.0. The quantitative estimate of drug-likeness (QED) is 0.621. The van der Waals surface area contributed by atoms with Crippen LogP contribution in [-0.4, -0.2) is 5.91 Å². The average Bonchev–Trinajstić information content (AvgIpc) is 2.32. The highest BCUT2D eigenvalue weighted by Gasteiger charge is 2.11. The molecule has 98 valence electrons. The van der Waals surface area contributed by atoms with E-state index >= 15 is 0 Å². The largest absolute Gasteiger partial charge is 0.322 e. The van der Waals surface area contributed by atoms with Crippen molar-refractivity contribution in [3.63, 3.8) is 0 Å². The predicted octanol–water partition coefficient (Wildman–Crippen LogP) is 5.27. The normalized spacial score (nSPS) is 10.3. The van der Waals surface area contributed by atoms with E-state index in [2.05, 4.69) is 43.8 Å². The summed E-state index contributed by atoms with van der Waals surface area (Å²) in [6.07, 6.45) is 0. The molecular weight excluding hydrogens is 440 g/mol. The van der Waals surface area contributed by atoms with Gasteiger partial charge in [0.05, 0.1) is 5.56 Å². The molecule has 0 saturated carbocycles. The van der Waals surface area contributed by atoms with E-state index in [1.807, 2.05) is 25.1 Å². The van der Waals surface area contributed by atoms with Gasteiger partial charge in [-0.1, -0.05) is 11.6 Å². The molecule has 0 aromatic heterocycles. The third-order valence-electron chi connectivity index (χ3n) is 2.61. The van der Waals surface area contributed by atoms with E-state index in [4.69, 9.17) is 11.6 Å². The Kier molecular flexibility index (Phi) is 4.86. The van der Waals surface area contributed by atoms with Gasteiger partial charge in [0, 0.05) is 18.8 Å². The average molecular weight is 451 g/mol. The molecule has 19 heavy (non-hydrogen) atoms. The lowest BCUT2D eigenvalue weighted by molar-refractivity contribution is 0.102. The van der Waals surface area contributed by atoms with Gasteiger partial charge in [0.1, 0.15) is 0 Å². The predicted molar refractivity (Wildman–Crippen MR) is 91.0 cm³/mol. The molecule has 0 aliphatic carbocycles. The van der Waals surface area contributed by atoms with Gasteiger partial charge in [-0.2, -0.15) is 0 Å². The van der Waals surface area contributed by atoms with Crippen molar-refractivity contribution in [1.82, 2.24) is 0 Å². The molecule has 5 heteroatoms. The Morgan fingerprint density at radius 3 is 2.63 bits per heavy atom. The Morgan fingerprint density at radius 2 is 2.00 bits per heavy atom. The minimum Gasteiger partial charge on any atom is -0.322 e. The van der Waals surface area contributed by atoms with Gasteiger partial charge in [-0.25, -0.2) is 0 Å². The van der Waals surface area contributed by atoms with Crippen LogP contribution in [0.1, 0.15) is 15.9 Å². The molecule has 2 aromatic carbocycles. The maximum Gasteiger partial charge on any atom is 0.256 e. The monoisotopic (exact) mass is 449 g/mol. The molecule has 2 aromatic rings. The number of aryl methyl sites for hydroxylation is 1. The van der Waals surface area contributed by atoms with Crippen LogP contribution >= 0.6 is 50.1 Å². The Morgan fingerprint density at radius 1 is 1.26 bits per heavy atom. The van der Waals surface area contributed by atoms with Crippen molar-refractivity contribution < 1.29 is 4.79 Å². The van der Waals surface area contributed by atoms with Gasteiger partial charge in [-0.05, 0) is 87.4 Å². The van der Waals surface area contributed by atoms with Crippen LogP contribution in [0.4, 0.5) is 5.69 Å². The standard InChI is InChI=1S/C14H10BrClINO/c1-8-6-10(17)3-5-13(8)18-14(19)11-4-2-9(16)7-12(11)15/h2-7H,1H3,(H,18,19). The van der Waals surface area contributed by atoms with Gasteiger partial charge in [-0.15, -0.1) is 0 Å². The Balaban J connectivity index is 2.25. The number of amides is 1. The number of rotatable bonds is 2. The molecule has 1 amide bonds. The van der Waals surface area contributed by atoms with E-state index < -0.39 is 0 Å². The zero-order chi connectivity index (χ0) is 14.0. The minimum absolute atomic E-state index is 0.159. The number of nitrogens with one attached hydrogen (secondary N) is 1. The van der Waals surface area contributed by atoms with E-state index in [9.17, 15) is 4.79 Å². The first kappa shape index (κ1) is 14.8. The highest BCUT2D eigenvalue weighted by molar-refractivity contribution is 14.1. The van der Waals surface area contributed by atoms with Gasteiger partial charge in [0.2, 0.25) is 0 Å². The van der Waals surface area contributed by atoms with Gasteiger partial charge in [-0.3, -0.25) is 4.79 Å². The molecule has 0 aliphatic heterocycles. The summed E-state index contributed by atoms with van der Waals surface area (Å²) in [6.45, 7) is 1.97. The maximum atomic E-state index is 12.2. The van der Waals surface area contributed by atoms with Crippen LogP contribution in [0.3, 0.4) is 0 Å². The Bertz CT molecular complexity index is 645. The van der Waals surface area contributed by atoms with Crippen molar-refractivity contribution in [3.8, 4) is 0 Å². The van der Waals surface area contributed by atoms with Crippen LogP contribution in [0, 0.1) is 10.5 Å². The second-order valence-electron chi connectivity index (χ2n) is 4.04. The summed E-state index contributed by atoms with van der Waals surface area (Å²) in [6, 6.07) is 11.0. The number of carbonyl (C=O) groups is 1. The van der Waals surface area contributed by atoms with Crippen LogP contribution in [0.15, 0.2) is 40.9 Å². The minimum atomic E-state index is -0.159. The SMILES string of the molecule is Cc1cc(I)ccc1NC(=O)c1ccc(Cl)cc1Br. The van der Waals surface area contributed by atoms with E-state index in [0.717, 1.165) is 14.8 Å². The highest BCUT2D eigenvalue weighted by atomic mass is 127. The van der Waals surface area contributed by atoms with Gasteiger partial charge in [0.15, 0.2) is 0 Å². The molecule has 2 rings (SSSR count). The maximum absolute atomic E-state index is 12.2. The molecule has 0 bridgehead atoms. The number of hydrogen-bond acceptors (Lipinski definition) is 1. The number of carbonyl (C=O) groups excluding carboxylic acids is 1. The zero-order valence-corrected chi connectivity index (χ0v) is 14.5. The van der Waals surface area contributed by atoms with Crippen molar-refractivity contribution in [1.29, 1.82) is 0 Å². The Hall–Kier alpha value is -0.590. The summed E-state index contributed by atoms with van der Waals surface area (Å²) in [5.74, 6) is -0.159. The van der Waals surface area contributed by atoms with E-state index in [1.165, 1.54) is 0 Å². The first-order chi connectivity index (χ1) is 8.97. The summed E-state index contributed by atoms with van der Waals surface area (Å²) in [4.78, 5) is 12.2. The van der Waals surface area contributed by atoms with E-state index in [-0.39, 0.29) is 5.91 Å². The summed E-state index contributed by atoms with van der Waals surface area (Å²) >= 11 is 11.4. The first-order valence-electron chi connectivity index (χ1n) is 5.50. The highest BCUT2D eigenvalue weighted by Crippen LogP contribution is 2.24. The number of anilines is 1. The summed E-state index contributed by atoms with van der Waals surface area (Å²) in [5.41, 5.74) is 2.40. The van der Waals surface area contributed by atoms with Crippen LogP contribution in [0.25, 0.3) is 0 Å². The van der Waals surface area contributed by atoms with Crippen molar-refractivity contribution in [3.05, 3.63) is 60.6 Å². The van der Waals surface area contributed by atoms with Crippen LogP contribution in [0.5, 0.6) is 0 Å². The van der Waals surface area contributed by atoms with Gasteiger partial charge in [0.25, 0.3) is 5.91 Å². The summed E-state index contributed by atoms with van der Waals surface area (Å²) in [7, 11) is 0. The number of hydrogen-bond donors (Lipinski definition) is 1. The second kappa shape index (κ2) is 6.24. The first-order valence-corrected chi connectivity index (χ1v) is 7.75. The summed E-state index contributed by atoms with van der Waals surface area (Å²) < 4.78 is 1.82. The van der Waals surface area contributed by atoms with Crippen molar-refractivity contribution in [2.45, 2.75) is 6.92 Å². The molecule has 0 saturated heterocycles. The smallest absolute Gasteiger partial charge is 0.256 e. The lowest BCUT2D eigenvalue weighted by Crippen LogP contribution is -2.13. The van der Waals surface area contributed by atoms with Crippen molar-refractivity contribution >= 4 is 61.7 Å². The molecular formula is C14H10BrClINO. The molecule has 0 atom stereocenters. The fraction of sp³-hybridized carbons (Fsp3) is 0.0714. The number of benzene rings is 2. The molecule has 0 spiro atoms. The molecule has 2 nitrogen and oxygen atoms in total. The Labute approximate surface area is 138 Å². The summed E-state index contributed by atoms with van der Waals surface area (Å²) in [5, 5.41) is 3.49. The third-order valence-corrected chi connectivity index (χ3v) is 4.17. The lowest BCUT2D eigenvalue weighted by atomic mass is 10.1. The second-order valence-corrected chi connectivity index (χ2v) is 6.57. The van der Waals surface area contributed by atoms with Crippen molar-refractivity contribution in [2.24, 2.45) is 0 Å². The number of halogens is 3. The van der Waals surface area contributed by atoms with E-state index in [0.29, 0.717) is 15.1 Å².